The quantitative estimate of drug-likeness (QED) is 0.758. The molecule has 2 aliphatic rings. The number of carbonyl (C=O) groups excluding carboxylic acids is 1. The summed E-state index contributed by atoms with van der Waals surface area (Å²) in [6.07, 6.45) is 2.61. The molecular formula is C14H27N3O. The number of piperidine rings is 1. The summed E-state index contributed by atoms with van der Waals surface area (Å²) in [5, 5.41) is 6.30. The number of amides is 1. The van der Waals surface area contributed by atoms with Crippen molar-refractivity contribution in [2.24, 2.45) is 17.8 Å². The van der Waals surface area contributed by atoms with Gasteiger partial charge in [-0.1, -0.05) is 13.8 Å². The Kier molecular flexibility index (Phi) is 5.01. The molecule has 1 unspecified atom stereocenters. The molecular weight excluding hydrogens is 226 g/mol. The number of rotatable bonds is 5. The molecule has 1 amide bonds. The summed E-state index contributed by atoms with van der Waals surface area (Å²) in [6.45, 7) is 10.6. The van der Waals surface area contributed by atoms with Crippen LogP contribution in [0.2, 0.25) is 0 Å². The minimum atomic E-state index is 0.160. The van der Waals surface area contributed by atoms with E-state index in [1.165, 1.54) is 25.9 Å². The monoisotopic (exact) mass is 253 g/mol. The van der Waals surface area contributed by atoms with E-state index in [2.05, 4.69) is 22.5 Å². The lowest BCUT2D eigenvalue weighted by Crippen LogP contribution is -2.50. The molecule has 2 rings (SSSR count). The van der Waals surface area contributed by atoms with E-state index < -0.39 is 0 Å². The zero-order valence-electron chi connectivity index (χ0n) is 11.7. The van der Waals surface area contributed by atoms with Crippen LogP contribution in [0.3, 0.4) is 0 Å². The van der Waals surface area contributed by atoms with Crippen LogP contribution >= 0.6 is 0 Å². The predicted molar refractivity (Wildman–Crippen MR) is 73.4 cm³/mol. The maximum absolute atomic E-state index is 11.9. The first-order valence-electron chi connectivity index (χ1n) is 7.37. The van der Waals surface area contributed by atoms with Gasteiger partial charge in [-0.25, -0.2) is 0 Å². The number of carbonyl (C=O) groups is 1. The molecule has 0 aromatic carbocycles. The van der Waals surface area contributed by atoms with Gasteiger partial charge in [0, 0.05) is 19.0 Å². The van der Waals surface area contributed by atoms with E-state index >= 15 is 0 Å². The molecule has 2 heterocycles. The second-order valence-corrected chi connectivity index (χ2v) is 6.02. The number of likely N-dealkylation sites (tertiary alicyclic amines) is 1. The maximum Gasteiger partial charge on any atom is 0.223 e. The SMILES string of the molecule is CC1CCN(CCNC(=O)C(C)C2CNC2)CC1. The van der Waals surface area contributed by atoms with Crippen molar-refractivity contribution in [3.05, 3.63) is 0 Å². The minimum Gasteiger partial charge on any atom is -0.355 e. The lowest BCUT2D eigenvalue weighted by molar-refractivity contribution is -0.126. The lowest BCUT2D eigenvalue weighted by Gasteiger charge is -2.32. The van der Waals surface area contributed by atoms with E-state index in [4.69, 9.17) is 0 Å². The van der Waals surface area contributed by atoms with Crippen molar-refractivity contribution in [2.75, 3.05) is 39.3 Å². The van der Waals surface area contributed by atoms with Crippen molar-refractivity contribution in [3.8, 4) is 0 Å². The highest BCUT2D eigenvalue weighted by molar-refractivity contribution is 5.78. The van der Waals surface area contributed by atoms with Gasteiger partial charge >= 0.3 is 0 Å². The second-order valence-electron chi connectivity index (χ2n) is 6.02. The smallest absolute Gasteiger partial charge is 0.223 e. The highest BCUT2D eigenvalue weighted by atomic mass is 16.1. The molecule has 4 heteroatoms. The standard InChI is InChI=1S/C14H27N3O/c1-11-3-6-17(7-4-11)8-5-16-14(18)12(2)13-9-15-10-13/h11-13,15H,3-10H2,1-2H3,(H,16,18). The van der Waals surface area contributed by atoms with Crippen molar-refractivity contribution in [3.63, 3.8) is 0 Å². The van der Waals surface area contributed by atoms with Gasteiger partial charge < -0.3 is 15.5 Å². The van der Waals surface area contributed by atoms with Gasteiger partial charge in [-0.15, -0.1) is 0 Å². The first-order valence-corrected chi connectivity index (χ1v) is 7.37. The topological polar surface area (TPSA) is 44.4 Å². The molecule has 0 spiro atoms. The van der Waals surface area contributed by atoms with Crippen LogP contribution in [0.1, 0.15) is 26.7 Å². The van der Waals surface area contributed by atoms with E-state index in [9.17, 15) is 4.79 Å². The average molecular weight is 253 g/mol. The molecule has 0 aromatic heterocycles. The number of nitrogens with one attached hydrogen (secondary N) is 2. The number of nitrogens with zero attached hydrogens (tertiary/aromatic N) is 1. The largest absolute Gasteiger partial charge is 0.355 e. The maximum atomic E-state index is 11.9. The first kappa shape index (κ1) is 13.8. The highest BCUT2D eigenvalue weighted by Gasteiger charge is 2.28. The Hall–Kier alpha value is -0.610. The third-order valence-electron chi connectivity index (χ3n) is 4.54. The molecule has 0 bridgehead atoms. The van der Waals surface area contributed by atoms with E-state index in [-0.39, 0.29) is 11.8 Å². The summed E-state index contributed by atoms with van der Waals surface area (Å²) >= 11 is 0. The molecule has 2 N–H and O–H groups in total. The third-order valence-corrected chi connectivity index (χ3v) is 4.54. The van der Waals surface area contributed by atoms with Crippen LogP contribution in [0.4, 0.5) is 0 Å². The molecule has 0 aliphatic carbocycles. The van der Waals surface area contributed by atoms with Gasteiger partial charge in [0.1, 0.15) is 0 Å². The van der Waals surface area contributed by atoms with Crippen LogP contribution in [0.25, 0.3) is 0 Å². The molecule has 2 aliphatic heterocycles. The van der Waals surface area contributed by atoms with Gasteiger partial charge in [0.25, 0.3) is 0 Å². The normalized spacial score (nSPS) is 24.6. The molecule has 104 valence electrons. The fraction of sp³-hybridized carbons (Fsp3) is 0.929. The van der Waals surface area contributed by atoms with Gasteiger partial charge in [-0.3, -0.25) is 4.79 Å². The number of hydrogen-bond donors (Lipinski definition) is 2. The number of hydrogen-bond acceptors (Lipinski definition) is 3. The van der Waals surface area contributed by atoms with Crippen LogP contribution in [-0.4, -0.2) is 50.1 Å². The Labute approximate surface area is 110 Å². The van der Waals surface area contributed by atoms with Crippen molar-refractivity contribution in [2.45, 2.75) is 26.7 Å². The minimum absolute atomic E-state index is 0.160. The van der Waals surface area contributed by atoms with E-state index in [0.717, 1.165) is 32.1 Å². The Morgan fingerprint density at radius 3 is 2.61 bits per heavy atom. The Morgan fingerprint density at radius 2 is 2.06 bits per heavy atom. The van der Waals surface area contributed by atoms with Gasteiger partial charge in [0.05, 0.1) is 0 Å². The molecule has 4 nitrogen and oxygen atoms in total. The first-order chi connectivity index (χ1) is 8.66. The van der Waals surface area contributed by atoms with Crippen LogP contribution in [0.5, 0.6) is 0 Å². The highest BCUT2D eigenvalue weighted by Crippen LogP contribution is 2.16. The van der Waals surface area contributed by atoms with Gasteiger partial charge in [-0.05, 0) is 50.9 Å². The second kappa shape index (κ2) is 6.53. The summed E-state index contributed by atoms with van der Waals surface area (Å²) in [6, 6.07) is 0. The average Bonchev–Trinajstić information content (AvgIpc) is 2.29. The fourth-order valence-electron chi connectivity index (χ4n) is 2.66. The van der Waals surface area contributed by atoms with Gasteiger partial charge in [-0.2, -0.15) is 0 Å². The van der Waals surface area contributed by atoms with Crippen molar-refractivity contribution in [1.29, 1.82) is 0 Å². The zero-order chi connectivity index (χ0) is 13.0. The van der Waals surface area contributed by atoms with Crippen LogP contribution < -0.4 is 10.6 Å². The Morgan fingerprint density at radius 1 is 1.39 bits per heavy atom. The van der Waals surface area contributed by atoms with Crippen LogP contribution in [0.15, 0.2) is 0 Å². The molecule has 1 atom stereocenters. The van der Waals surface area contributed by atoms with E-state index in [1.54, 1.807) is 0 Å². The van der Waals surface area contributed by atoms with Gasteiger partial charge in [0.2, 0.25) is 5.91 Å². The summed E-state index contributed by atoms with van der Waals surface area (Å²) < 4.78 is 0. The molecule has 2 saturated heterocycles. The molecule has 0 radical (unpaired) electrons. The van der Waals surface area contributed by atoms with E-state index in [1.807, 2.05) is 6.92 Å². The summed E-state index contributed by atoms with van der Waals surface area (Å²) in [5.41, 5.74) is 0. The molecule has 2 fully saturated rings. The van der Waals surface area contributed by atoms with Gasteiger partial charge in [0.15, 0.2) is 0 Å². The zero-order valence-corrected chi connectivity index (χ0v) is 11.7. The Bertz CT molecular complexity index is 270. The predicted octanol–water partition coefficient (Wildman–Crippen LogP) is 0.690. The van der Waals surface area contributed by atoms with Crippen molar-refractivity contribution < 1.29 is 4.79 Å². The summed E-state index contributed by atoms with van der Waals surface area (Å²) in [4.78, 5) is 14.4. The summed E-state index contributed by atoms with van der Waals surface area (Å²) in [5.74, 6) is 1.81. The Balaban J connectivity index is 1.58. The molecule has 18 heavy (non-hydrogen) atoms. The van der Waals surface area contributed by atoms with E-state index in [0.29, 0.717) is 5.92 Å². The van der Waals surface area contributed by atoms with Crippen molar-refractivity contribution >= 4 is 5.91 Å². The van der Waals surface area contributed by atoms with Crippen LogP contribution in [0, 0.1) is 17.8 Å². The molecule has 0 aromatic rings. The summed E-state index contributed by atoms with van der Waals surface area (Å²) in [7, 11) is 0. The fourth-order valence-corrected chi connectivity index (χ4v) is 2.66. The lowest BCUT2D eigenvalue weighted by atomic mass is 9.88. The third kappa shape index (κ3) is 3.69. The van der Waals surface area contributed by atoms with Crippen molar-refractivity contribution in [1.82, 2.24) is 15.5 Å². The van der Waals surface area contributed by atoms with Crippen LogP contribution in [-0.2, 0) is 4.79 Å². The molecule has 0 saturated carbocycles.